The molecule has 0 radical (unpaired) electrons. The molecule has 1 aliphatic heterocycles. The number of hydrogen-bond acceptors (Lipinski definition) is 9. The van der Waals surface area contributed by atoms with Crippen molar-refractivity contribution in [2.75, 3.05) is 29.9 Å². The summed E-state index contributed by atoms with van der Waals surface area (Å²) in [5.41, 5.74) is 3.05. The largest absolute Gasteiger partial charge is 0.367 e. The zero-order valence-corrected chi connectivity index (χ0v) is 15.6. The van der Waals surface area contributed by atoms with Gasteiger partial charge < -0.3 is 9.64 Å². The number of nitrogens with zero attached hydrogens (tertiary/aromatic N) is 5. The molecule has 3 aromatic heterocycles. The van der Waals surface area contributed by atoms with E-state index in [0.717, 1.165) is 23.1 Å². The van der Waals surface area contributed by atoms with Gasteiger partial charge in [-0.3, -0.25) is 10.1 Å². The summed E-state index contributed by atoms with van der Waals surface area (Å²) in [5, 5.41) is 13.7. The van der Waals surface area contributed by atoms with E-state index in [1.807, 2.05) is 18.4 Å². The van der Waals surface area contributed by atoms with Crippen LogP contribution in [0, 0.1) is 6.92 Å². The SMILES string of the molecule is Cc1csc(C2CN(c3ccc(C(=O)Nc4nncs4)cn3)CCO2)n1. The Balaban J connectivity index is 1.43. The smallest absolute Gasteiger partial charge is 0.259 e. The molecule has 1 unspecified atom stereocenters. The van der Waals surface area contributed by atoms with Crippen LogP contribution in [0.25, 0.3) is 0 Å². The molecular formula is C16H16N6O2S2. The molecule has 134 valence electrons. The van der Waals surface area contributed by atoms with Gasteiger partial charge >= 0.3 is 0 Å². The molecule has 26 heavy (non-hydrogen) atoms. The zero-order valence-electron chi connectivity index (χ0n) is 14.0. The first-order valence-corrected chi connectivity index (χ1v) is 9.77. The highest BCUT2D eigenvalue weighted by Crippen LogP contribution is 2.27. The van der Waals surface area contributed by atoms with Crippen LogP contribution in [0.2, 0.25) is 0 Å². The Morgan fingerprint density at radius 2 is 2.31 bits per heavy atom. The summed E-state index contributed by atoms with van der Waals surface area (Å²) < 4.78 is 5.85. The Morgan fingerprint density at radius 3 is 3.00 bits per heavy atom. The van der Waals surface area contributed by atoms with Crippen molar-refractivity contribution in [1.29, 1.82) is 0 Å². The summed E-state index contributed by atoms with van der Waals surface area (Å²) in [5.74, 6) is 0.568. The summed E-state index contributed by atoms with van der Waals surface area (Å²) in [6.45, 7) is 4.04. The molecule has 0 aliphatic carbocycles. The average Bonchev–Trinajstić information content (AvgIpc) is 3.34. The van der Waals surface area contributed by atoms with Gasteiger partial charge in [-0.05, 0) is 19.1 Å². The summed E-state index contributed by atoms with van der Waals surface area (Å²) in [6.07, 6.45) is 1.52. The highest BCUT2D eigenvalue weighted by atomic mass is 32.1. The Morgan fingerprint density at radius 1 is 1.38 bits per heavy atom. The van der Waals surface area contributed by atoms with Crippen LogP contribution in [0.3, 0.4) is 0 Å². The third-order valence-electron chi connectivity index (χ3n) is 3.89. The van der Waals surface area contributed by atoms with Gasteiger partial charge in [-0.25, -0.2) is 9.97 Å². The third-order valence-corrected chi connectivity index (χ3v) is 5.55. The van der Waals surface area contributed by atoms with Crippen molar-refractivity contribution in [2.24, 2.45) is 0 Å². The number of carbonyl (C=O) groups is 1. The fourth-order valence-corrected chi connectivity index (χ4v) is 3.91. The topological polar surface area (TPSA) is 93.1 Å². The maximum absolute atomic E-state index is 12.2. The lowest BCUT2D eigenvalue weighted by molar-refractivity contribution is 0.0393. The van der Waals surface area contributed by atoms with Gasteiger partial charge in [-0.15, -0.1) is 21.5 Å². The van der Waals surface area contributed by atoms with E-state index < -0.39 is 0 Å². The van der Waals surface area contributed by atoms with Crippen molar-refractivity contribution in [3.8, 4) is 0 Å². The fourth-order valence-electron chi connectivity index (χ4n) is 2.63. The number of amides is 1. The summed E-state index contributed by atoms with van der Waals surface area (Å²) in [7, 11) is 0. The van der Waals surface area contributed by atoms with Crippen molar-refractivity contribution in [2.45, 2.75) is 13.0 Å². The molecular weight excluding hydrogens is 372 g/mol. The van der Waals surface area contributed by atoms with Gasteiger partial charge in [0.05, 0.1) is 18.7 Å². The number of hydrogen-bond donors (Lipinski definition) is 1. The van der Waals surface area contributed by atoms with E-state index in [2.05, 4.69) is 30.4 Å². The number of rotatable bonds is 4. The minimum atomic E-state index is -0.251. The van der Waals surface area contributed by atoms with Gasteiger partial charge in [-0.1, -0.05) is 11.3 Å². The van der Waals surface area contributed by atoms with Crippen molar-refractivity contribution in [3.05, 3.63) is 45.5 Å². The summed E-state index contributed by atoms with van der Waals surface area (Å²) >= 11 is 2.89. The Bertz CT molecular complexity index is 881. The van der Waals surface area contributed by atoms with E-state index in [1.165, 1.54) is 11.3 Å². The second-order valence-corrected chi connectivity index (χ2v) is 7.46. The van der Waals surface area contributed by atoms with E-state index in [-0.39, 0.29) is 12.0 Å². The van der Waals surface area contributed by atoms with Crippen molar-refractivity contribution >= 4 is 39.5 Å². The lowest BCUT2D eigenvalue weighted by Crippen LogP contribution is -2.38. The van der Waals surface area contributed by atoms with E-state index in [9.17, 15) is 4.79 Å². The summed E-state index contributed by atoms with van der Waals surface area (Å²) in [6, 6.07) is 3.61. The molecule has 1 amide bonds. The number of aromatic nitrogens is 4. The first kappa shape index (κ1) is 17.0. The van der Waals surface area contributed by atoms with Crippen LogP contribution in [0.1, 0.15) is 27.2 Å². The van der Waals surface area contributed by atoms with Gasteiger partial charge in [0.1, 0.15) is 22.4 Å². The number of carbonyl (C=O) groups excluding carboxylic acids is 1. The predicted molar refractivity (Wildman–Crippen MR) is 99.9 cm³/mol. The first-order valence-electron chi connectivity index (χ1n) is 8.01. The highest BCUT2D eigenvalue weighted by molar-refractivity contribution is 7.13. The zero-order chi connectivity index (χ0) is 17.9. The van der Waals surface area contributed by atoms with Crippen LogP contribution < -0.4 is 10.2 Å². The molecule has 4 heterocycles. The van der Waals surface area contributed by atoms with Crippen LogP contribution in [0.4, 0.5) is 10.9 Å². The van der Waals surface area contributed by atoms with Crippen molar-refractivity contribution in [3.63, 3.8) is 0 Å². The Hall–Kier alpha value is -2.43. The van der Waals surface area contributed by atoms with Crippen molar-refractivity contribution in [1.82, 2.24) is 20.2 Å². The lowest BCUT2D eigenvalue weighted by atomic mass is 10.2. The molecule has 1 atom stereocenters. The standard InChI is InChI=1S/C16H16N6O2S2/c1-10-8-25-15(19-10)12-7-22(4-5-24-12)13-3-2-11(6-17-13)14(23)20-16-21-18-9-26-16/h2-3,6,8-9,12H,4-5,7H2,1H3,(H,20,21,23). The first-order chi connectivity index (χ1) is 12.7. The van der Waals surface area contributed by atoms with Gasteiger partial charge in [0.15, 0.2) is 0 Å². The van der Waals surface area contributed by atoms with E-state index in [1.54, 1.807) is 29.1 Å². The molecule has 0 spiro atoms. The Labute approximate surface area is 157 Å². The molecule has 4 rings (SSSR count). The van der Waals surface area contributed by atoms with E-state index >= 15 is 0 Å². The van der Waals surface area contributed by atoms with E-state index in [0.29, 0.717) is 23.8 Å². The molecule has 1 N–H and O–H groups in total. The van der Waals surface area contributed by atoms with Gasteiger partial charge in [0.25, 0.3) is 5.91 Å². The van der Waals surface area contributed by atoms with Crippen LogP contribution in [-0.2, 0) is 4.74 Å². The van der Waals surface area contributed by atoms with Crippen LogP contribution in [-0.4, -0.2) is 45.8 Å². The molecule has 1 aliphatic rings. The van der Waals surface area contributed by atoms with Crippen LogP contribution >= 0.6 is 22.7 Å². The van der Waals surface area contributed by atoms with Crippen LogP contribution in [0.15, 0.2) is 29.2 Å². The van der Waals surface area contributed by atoms with Crippen LogP contribution in [0.5, 0.6) is 0 Å². The maximum atomic E-state index is 12.2. The minimum absolute atomic E-state index is 0.0513. The predicted octanol–water partition coefficient (Wildman–Crippen LogP) is 2.53. The summed E-state index contributed by atoms with van der Waals surface area (Å²) in [4.78, 5) is 23.3. The minimum Gasteiger partial charge on any atom is -0.367 e. The van der Waals surface area contributed by atoms with Gasteiger partial charge in [-0.2, -0.15) is 0 Å². The normalized spacial score (nSPS) is 17.3. The molecule has 10 heteroatoms. The second-order valence-electron chi connectivity index (χ2n) is 5.74. The van der Waals surface area contributed by atoms with Crippen molar-refractivity contribution < 1.29 is 9.53 Å². The lowest BCUT2D eigenvalue weighted by Gasteiger charge is -2.32. The number of anilines is 2. The number of nitrogens with one attached hydrogen (secondary N) is 1. The molecule has 0 bridgehead atoms. The second kappa shape index (κ2) is 7.44. The molecule has 1 saturated heterocycles. The highest BCUT2D eigenvalue weighted by Gasteiger charge is 2.25. The quantitative estimate of drug-likeness (QED) is 0.734. The number of aryl methyl sites for hydroxylation is 1. The number of morpholine rings is 1. The fraction of sp³-hybridized carbons (Fsp3) is 0.312. The third kappa shape index (κ3) is 3.71. The molecule has 8 nitrogen and oxygen atoms in total. The number of ether oxygens (including phenoxy) is 1. The van der Waals surface area contributed by atoms with Gasteiger partial charge in [0.2, 0.25) is 5.13 Å². The molecule has 0 aromatic carbocycles. The number of thiazole rings is 1. The molecule has 0 saturated carbocycles. The Kier molecular flexibility index (Phi) is 4.87. The average molecular weight is 388 g/mol. The maximum Gasteiger partial charge on any atom is 0.259 e. The molecule has 3 aromatic rings. The number of pyridine rings is 1. The molecule has 1 fully saturated rings. The van der Waals surface area contributed by atoms with Gasteiger partial charge in [0, 0.05) is 23.8 Å². The monoisotopic (exact) mass is 388 g/mol. The van der Waals surface area contributed by atoms with E-state index in [4.69, 9.17) is 4.74 Å².